The van der Waals surface area contributed by atoms with Crippen LogP contribution in [0.5, 0.6) is 5.75 Å². The second kappa shape index (κ2) is 6.10. The van der Waals surface area contributed by atoms with Crippen LogP contribution in [-0.2, 0) is 6.42 Å². The van der Waals surface area contributed by atoms with Gasteiger partial charge in [0.1, 0.15) is 17.7 Å². The fourth-order valence-corrected chi connectivity index (χ4v) is 3.31. The molecule has 0 spiro atoms. The highest BCUT2D eigenvalue weighted by Gasteiger charge is 2.29. The molecule has 1 N–H and O–H groups in total. The molecule has 0 aromatic heterocycles. The fourth-order valence-electron chi connectivity index (χ4n) is 3.31. The van der Waals surface area contributed by atoms with Crippen molar-refractivity contribution in [3.8, 4) is 5.75 Å². The van der Waals surface area contributed by atoms with E-state index < -0.39 is 0 Å². The first-order chi connectivity index (χ1) is 9.76. The number of piperazine rings is 1. The van der Waals surface area contributed by atoms with Crippen LogP contribution in [0.25, 0.3) is 0 Å². The van der Waals surface area contributed by atoms with Crippen molar-refractivity contribution < 1.29 is 9.13 Å². The Labute approximate surface area is 120 Å². The number of ether oxygens (including phenoxy) is 1. The third kappa shape index (κ3) is 2.96. The predicted molar refractivity (Wildman–Crippen MR) is 77.7 cm³/mol. The normalized spacial score (nSPS) is 26.3. The van der Waals surface area contributed by atoms with Crippen molar-refractivity contribution in [1.29, 1.82) is 0 Å². The lowest BCUT2D eigenvalue weighted by atomic mass is 10.1. The largest absolute Gasteiger partial charge is 0.488 e. The van der Waals surface area contributed by atoms with Gasteiger partial charge >= 0.3 is 0 Å². The van der Waals surface area contributed by atoms with Crippen LogP contribution in [0.15, 0.2) is 18.2 Å². The van der Waals surface area contributed by atoms with Gasteiger partial charge in [0.05, 0.1) is 0 Å². The lowest BCUT2D eigenvalue weighted by molar-refractivity contribution is 0.0937. The third-order valence-corrected chi connectivity index (χ3v) is 4.30. The SMILES string of the molecule is CCCC1CNCCN1CC1Cc2cc(F)ccc2O1. The summed E-state index contributed by atoms with van der Waals surface area (Å²) in [7, 11) is 0. The van der Waals surface area contributed by atoms with E-state index in [4.69, 9.17) is 4.74 Å². The van der Waals surface area contributed by atoms with Gasteiger partial charge in [-0.05, 0) is 24.6 Å². The van der Waals surface area contributed by atoms with Gasteiger partial charge in [-0.25, -0.2) is 4.39 Å². The maximum absolute atomic E-state index is 13.2. The minimum Gasteiger partial charge on any atom is -0.488 e. The minimum absolute atomic E-state index is 0.168. The van der Waals surface area contributed by atoms with Gasteiger partial charge in [0, 0.05) is 44.2 Å². The van der Waals surface area contributed by atoms with Crippen LogP contribution >= 0.6 is 0 Å². The Kier molecular flexibility index (Phi) is 4.22. The van der Waals surface area contributed by atoms with E-state index in [1.807, 2.05) is 0 Å². The monoisotopic (exact) mass is 278 g/mol. The van der Waals surface area contributed by atoms with E-state index in [2.05, 4.69) is 17.1 Å². The maximum Gasteiger partial charge on any atom is 0.123 e. The molecule has 2 aliphatic heterocycles. The molecule has 4 heteroatoms. The van der Waals surface area contributed by atoms with E-state index >= 15 is 0 Å². The number of fused-ring (bicyclic) bond motifs is 1. The summed E-state index contributed by atoms with van der Waals surface area (Å²) in [5.74, 6) is 0.692. The summed E-state index contributed by atoms with van der Waals surface area (Å²) in [6, 6.07) is 5.45. The average molecular weight is 278 g/mol. The number of hydrogen-bond donors (Lipinski definition) is 1. The van der Waals surface area contributed by atoms with Crippen LogP contribution in [0, 0.1) is 5.82 Å². The van der Waals surface area contributed by atoms with Crippen LogP contribution in [0.2, 0.25) is 0 Å². The Bertz CT molecular complexity index is 464. The van der Waals surface area contributed by atoms with Crippen molar-refractivity contribution in [3.63, 3.8) is 0 Å². The molecule has 20 heavy (non-hydrogen) atoms. The maximum atomic E-state index is 13.2. The van der Waals surface area contributed by atoms with Gasteiger partial charge in [0.2, 0.25) is 0 Å². The summed E-state index contributed by atoms with van der Waals surface area (Å²) in [5.41, 5.74) is 1.01. The fraction of sp³-hybridized carbons (Fsp3) is 0.625. The summed E-state index contributed by atoms with van der Waals surface area (Å²) in [4.78, 5) is 2.53. The van der Waals surface area contributed by atoms with Crippen molar-refractivity contribution in [3.05, 3.63) is 29.6 Å². The van der Waals surface area contributed by atoms with E-state index in [-0.39, 0.29) is 11.9 Å². The molecule has 1 saturated heterocycles. The highest BCUT2D eigenvalue weighted by molar-refractivity contribution is 5.37. The number of benzene rings is 1. The standard InChI is InChI=1S/C16H23FN2O/c1-2-3-14-10-18-6-7-19(14)11-15-9-12-8-13(17)4-5-16(12)20-15/h4-5,8,14-15,18H,2-3,6-7,9-11H2,1H3. The molecule has 2 unspecified atom stereocenters. The van der Waals surface area contributed by atoms with Crippen LogP contribution in [-0.4, -0.2) is 43.2 Å². The highest BCUT2D eigenvalue weighted by Crippen LogP contribution is 2.30. The molecule has 2 atom stereocenters. The Morgan fingerprint density at radius 2 is 2.35 bits per heavy atom. The Hall–Kier alpha value is -1.13. The molecule has 110 valence electrons. The molecule has 1 fully saturated rings. The van der Waals surface area contributed by atoms with Crippen LogP contribution < -0.4 is 10.1 Å². The average Bonchev–Trinajstić information content (AvgIpc) is 2.82. The molecular formula is C16H23FN2O. The van der Waals surface area contributed by atoms with Crippen molar-refractivity contribution in [1.82, 2.24) is 10.2 Å². The quantitative estimate of drug-likeness (QED) is 0.914. The van der Waals surface area contributed by atoms with E-state index in [0.717, 1.165) is 43.9 Å². The van der Waals surface area contributed by atoms with Gasteiger partial charge in [-0.2, -0.15) is 0 Å². The third-order valence-electron chi connectivity index (χ3n) is 4.30. The molecule has 2 aliphatic rings. The summed E-state index contributed by atoms with van der Waals surface area (Å²) in [6.45, 7) is 6.38. The van der Waals surface area contributed by atoms with Crippen molar-refractivity contribution >= 4 is 0 Å². The Balaban J connectivity index is 1.61. The van der Waals surface area contributed by atoms with E-state index in [1.165, 1.54) is 18.9 Å². The molecule has 0 saturated carbocycles. The van der Waals surface area contributed by atoms with E-state index in [0.29, 0.717) is 6.04 Å². The molecule has 1 aromatic rings. The molecule has 3 rings (SSSR count). The van der Waals surface area contributed by atoms with Crippen molar-refractivity contribution in [2.75, 3.05) is 26.2 Å². The topological polar surface area (TPSA) is 24.5 Å². The number of hydrogen-bond acceptors (Lipinski definition) is 3. The van der Waals surface area contributed by atoms with Gasteiger partial charge in [-0.15, -0.1) is 0 Å². The number of rotatable bonds is 4. The summed E-state index contributed by atoms with van der Waals surface area (Å²) in [5, 5.41) is 3.47. The van der Waals surface area contributed by atoms with Gasteiger partial charge in [0.25, 0.3) is 0 Å². The first kappa shape index (κ1) is 13.8. The van der Waals surface area contributed by atoms with Gasteiger partial charge < -0.3 is 10.1 Å². The van der Waals surface area contributed by atoms with Crippen molar-refractivity contribution in [2.24, 2.45) is 0 Å². The number of nitrogens with zero attached hydrogens (tertiary/aromatic N) is 1. The summed E-state index contributed by atoms with van der Waals surface area (Å²) < 4.78 is 19.2. The molecule has 3 nitrogen and oxygen atoms in total. The second-order valence-electron chi connectivity index (χ2n) is 5.84. The Morgan fingerprint density at radius 1 is 1.45 bits per heavy atom. The molecule has 0 radical (unpaired) electrons. The number of nitrogens with one attached hydrogen (secondary N) is 1. The molecular weight excluding hydrogens is 255 g/mol. The van der Waals surface area contributed by atoms with E-state index in [1.54, 1.807) is 12.1 Å². The molecule has 1 aromatic carbocycles. The van der Waals surface area contributed by atoms with Gasteiger partial charge in [0.15, 0.2) is 0 Å². The first-order valence-corrected chi connectivity index (χ1v) is 7.66. The molecule has 0 amide bonds. The van der Waals surface area contributed by atoms with Crippen LogP contribution in [0.3, 0.4) is 0 Å². The lowest BCUT2D eigenvalue weighted by Gasteiger charge is -2.37. The van der Waals surface area contributed by atoms with Crippen molar-refractivity contribution in [2.45, 2.75) is 38.3 Å². The van der Waals surface area contributed by atoms with Gasteiger partial charge in [-0.3, -0.25) is 4.90 Å². The molecule has 0 aliphatic carbocycles. The van der Waals surface area contributed by atoms with Crippen LogP contribution in [0.1, 0.15) is 25.3 Å². The lowest BCUT2D eigenvalue weighted by Crippen LogP contribution is -2.53. The predicted octanol–water partition coefficient (Wildman–Crippen LogP) is 2.20. The number of halogens is 1. The zero-order valence-corrected chi connectivity index (χ0v) is 12.1. The van der Waals surface area contributed by atoms with Gasteiger partial charge in [-0.1, -0.05) is 13.3 Å². The zero-order chi connectivity index (χ0) is 13.9. The highest BCUT2D eigenvalue weighted by atomic mass is 19.1. The van der Waals surface area contributed by atoms with E-state index in [9.17, 15) is 4.39 Å². The minimum atomic E-state index is -0.168. The summed E-state index contributed by atoms with van der Waals surface area (Å²) >= 11 is 0. The Morgan fingerprint density at radius 3 is 3.20 bits per heavy atom. The summed E-state index contributed by atoms with van der Waals surface area (Å²) in [6.07, 6.45) is 3.43. The van der Waals surface area contributed by atoms with Crippen LogP contribution in [0.4, 0.5) is 4.39 Å². The molecule has 0 bridgehead atoms. The smallest absolute Gasteiger partial charge is 0.123 e. The molecule has 2 heterocycles. The zero-order valence-electron chi connectivity index (χ0n) is 12.1. The second-order valence-corrected chi connectivity index (χ2v) is 5.84. The first-order valence-electron chi connectivity index (χ1n) is 7.66.